The number of carbonyl (C=O) groups excluding carboxylic acids is 2. The third-order valence-corrected chi connectivity index (χ3v) is 6.58. The Bertz CT molecular complexity index is 945. The fraction of sp³-hybridized carbons (Fsp3) is 0.391. The van der Waals surface area contributed by atoms with Crippen molar-refractivity contribution in [3.8, 4) is 0 Å². The molecule has 0 unspecified atom stereocenters. The Kier molecular flexibility index (Phi) is 6.27. The predicted molar refractivity (Wildman–Crippen MR) is 117 cm³/mol. The normalized spacial score (nSPS) is 22.7. The number of nitrogens with one attached hydrogen (secondary N) is 1. The minimum atomic E-state index is -1.01. The van der Waals surface area contributed by atoms with Gasteiger partial charge in [0.2, 0.25) is 0 Å². The number of piperazine rings is 1. The minimum absolute atomic E-state index is 0.216. The van der Waals surface area contributed by atoms with E-state index < -0.39 is 5.54 Å². The van der Waals surface area contributed by atoms with E-state index >= 15 is 0 Å². The van der Waals surface area contributed by atoms with Gasteiger partial charge in [0.15, 0.2) is 0 Å². The molecule has 2 saturated heterocycles. The van der Waals surface area contributed by atoms with Crippen molar-refractivity contribution in [1.29, 1.82) is 0 Å². The standard InChI is InChI=1S/C23H26ClFN4O2/c1-2-23(17-7-4-3-5-8-17)21(30)29(22(31)26-23)16-28-13-11-27(12-14-28)15-18-19(24)9-6-10-20(18)25/h3-10H,2,11-16H2,1H3,(H,26,31)/t23-/m0/s1. The SMILES string of the molecule is CC[C@@]1(c2ccccc2)NC(=O)N(CN2CCN(Cc3c(F)cccc3Cl)CC2)C1=O. The summed E-state index contributed by atoms with van der Waals surface area (Å²) in [6.07, 6.45) is 0.481. The maximum atomic E-state index is 14.1. The maximum absolute atomic E-state index is 14.1. The number of urea groups is 1. The number of imide groups is 1. The molecule has 0 aliphatic carbocycles. The first kappa shape index (κ1) is 21.7. The molecule has 2 aliphatic rings. The molecule has 0 spiro atoms. The van der Waals surface area contributed by atoms with Crippen LogP contribution in [0, 0.1) is 5.82 Å². The molecule has 3 amide bonds. The highest BCUT2D eigenvalue weighted by atomic mass is 35.5. The van der Waals surface area contributed by atoms with Crippen molar-refractivity contribution in [1.82, 2.24) is 20.0 Å². The van der Waals surface area contributed by atoms with Gasteiger partial charge in [0.25, 0.3) is 5.91 Å². The number of amides is 3. The minimum Gasteiger partial charge on any atom is -0.319 e. The van der Waals surface area contributed by atoms with Gasteiger partial charge >= 0.3 is 6.03 Å². The lowest BCUT2D eigenvalue weighted by atomic mass is 9.87. The van der Waals surface area contributed by atoms with Crippen LogP contribution >= 0.6 is 11.6 Å². The first-order chi connectivity index (χ1) is 14.9. The van der Waals surface area contributed by atoms with E-state index in [-0.39, 0.29) is 24.4 Å². The van der Waals surface area contributed by atoms with Crippen LogP contribution in [0.15, 0.2) is 48.5 Å². The van der Waals surface area contributed by atoms with Gasteiger partial charge in [0.1, 0.15) is 11.4 Å². The molecule has 2 heterocycles. The van der Waals surface area contributed by atoms with E-state index in [1.807, 2.05) is 37.3 Å². The van der Waals surface area contributed by atoms with Crippen molar-refractivity contribution < 1.29 is 14.0 Å². The lowest BCUT2D eigenvalue weighted by Gasteiger charge is -2.36. The van der Waals surface area contributed by atoms with Gasteiger partial charge in [-0.15, -0.1) is 0 Å². The number of halogens is 2. The molecule has 2 aromatic carbocycles. The van der Waals surface area contributed by atoms with Crippen LogP contribution in [0.1, 0.15) is 24.5 Å². The van der Waals surface area contributed by atoms with Crippen LogP contribution in [-0.2, 0) is 16.9 Å². The zero-order valence-electron chi connectivity index (χ0n) is 17.5. The average Bonchev–Trinajstić information content (AvgIpc) is 3.03. The van der Waals surface area contributed by atoms with Crippen LogP contribution in [0.2, 0.25) is 5.02 Å². The molecule has 0 saturated carbocycles. The summed E-state index contributed by atoms with van der Waals surface area (Å²) in [6.45, 7) is 5.34. The van der Waals surface area contributed by atoms with E-state index in [0.717, 1.165) is 5.56 Å². The van der Waals surface area contributed by atoms with Gasteiger partial charge in [0, 0.05) is 43.3 Å². The molecule has 2 aliphatic heterocycles. The molecule has 164 valence electrons. The molecule has 31 heavy (non-hydrogen) atoms. The zero-order valence-corrected chi connectivity index (χ0v) is 18.2. The third kappa shape index (κ3) is 4.18. The van der Waals surface area contributed by atoms with E-state index in [1.54, 1.807) is 12.1 Å². The molecular formula is C23H26ClFN4O2. The molecule has 2 aromatic rings. The smallest absolute Gasteiger partial charge is 0.319 e. The fourth-order valence-electron chi connectivity index (χ4n) is 4.31. The summed E-state index contributed by atoms with van der Waals surface area (Å²) < 4.78 is 14.1. The van der Waals surface area contributed by atoms with Gasteiger partial charge in [0.05, 0.1) is 6.67 Å². The second kappa shape index (κ2) is 8.94. The highest BCUT2D eigenvalue weighted by molar-refractivity contribution is 6.31. The number of hydrogen-bond donors (Lipinski definition) is 1. The topological polar surface area (TPSA) is 55.9 Å². The molecule has 6 nitrogen and oxygen atoms in total. The van der Waals surface area contributed by atoms with Gasteiger partial charge in [-0.2, -0.15) is 0 Å². The zero-order chi connectivity index (χ0) is 22.0. The molecule has 2 fully saturated rings. The molecule has 0 aromatic heterocycles. The summed E-state index contributed by atoms with van der Waals surface area (Å²) in [7, 11) is 0. The van der Waals surface area contributed by atoms with Crippen LogP contribution in [0.3, 0.4) is 0 Å². The molecule has 0 bridgehead atoms. The lowest BCUT2D eigenvalue weighted by molar-refractivity contribution is -0.133. The number of hydrogen-bond acceptors (Lipinski definition) is 4. The monoisotopic (exact) mass is 444 g/mol. The third-order valence-electron chi connectivity index (χ3n) is 6.22. The maximum Gasteiger partial charge on any atom is 0.326 e. The van der Waals surface area contributed by atoms with Gasteiger partial charge < -0.3 is 5.32 Å². The second-order valence-corrected chi connectivity index (χ2v) is 8.43. The number of carbonyl (C=O) groups is 2. The van der Waals surface area contributed by atoms with Crippen molar-refractivity contribution in [3.63, 3.8) is 0 Å². The molecule has 1 atom stereocenters. The Balaban J connectivity index is 1.38. The van der Waals surface area contributed by atoms with Crippen LogP contribution < -0.4 is 5.32 Å². The summed E-state index contributed by atoms with van der Waals surface area (Å²) in [4.78, 5) is 31.5. The van der Waals surface area contributed by atoms with Gasteiger partial charge in [-0.25, -0.2) is 14.1 Å². The average molecular weight is 445 g/mol. The molecule has 0 radical (unpaired) electrons. The van der Waals surface area contributed by atoms with Crippen LogP contribution in [0.25, 0.3) is 0 Å². The van der Waals surface area contributed by atoms with Crippen LogP contribution in [0.5, 0.6) is 0 Å². The molecule has 4 rings (SSSR count). The summed E-state index contributed by atoms with van der Waals surface area (Å²) in [5.41, 5.74) is 0.286. The predicted octanol–water partition coefficient (Wildman–Crippen LogP) is 3.41. The van der Waals surface area contributed by atoms with Gasteiger partial charge in [-0.1, -0.05) is 54.9 Å². The van der Waals surface area contributed by atoms with Crippen molar-refractivity contribution in [2.45, 2.75) is 25.4 Å². The summed E-state index contributed by atoms with van der Waals surface area (Å²) in [5, 5.41) is 3.35. The summed E-state index contributed by atoms with van der Waals surface area (Å²) in [5.74, 6) is -0.516. The first-order valence-corrected chi connectivity index (χ1v) is 10.9. The van der Waals surface area contributed by atoms with Crippen molar-refractivity contribution >= 4 is 23.5 Å². The van der Waals surface area contributed by atoms with Crippen molar-refractivity contribution in [3.05, 3.63) is 70.5 Å². The molecule has 1 N–H and O–H groups in total. The van der Waals surface area contributed by atoms with Gasteiger partial charge in [-0.3, -0.25) is 14.6 Å². The van der Waals surface area contributed by atoms with Crippen molar-refractivity contribution in [2.24, 2.45) is 0 Å². The lowest BCUT2D eigenvalue weighted by Crippen LogP contribution is -2.51. The molecule has 8 heteroatoms. The Labute approximate surface area is 186 Å². The Morgan fingerprint density at radius 2 is 1.68 bits per heavy atom. The fourth-order valence-corrected chi connectivity index (χ4v) is 4.54. The highest BCUT2D eigenvalue weighted by Gasteiger charge is 2.51. The number of rotatable bonds is 6. The number of benzene rings is 2. The number of nitrogens with zero attached hydrogens (tertiary/aromatic N) is 3. The van der Waals surface area contributed by atoms with Gasteiger partial charge in [-0.05, 0) is 24.1 Å². The van der Waals surface area contributed by atoms with E-state index in [9.17, 15) is 14.0 Å². The van der Waals surface area contributed by atoms with Crippen molar-refractivity contribution in [2.75, 3.05) is 32.8 Å². The van der Waals surface area contributed by atoms with Crippen LogP contribution in [-0.4, -0.2) is 59.5 Å². The molecular weight excluding hydrogens is 419 g/mol. The van der Waals surface area contributed by atoms with Crippen LogP contribution in [0.4, 0.5) is 9.18 Å². The summed E-state index contributed by atoms with van der Waals surface area (Å²) in [6, 6.07) is 13.7. The summed E-state index contributed by atoms with van der Waals surface area (Å²) >= 11 is 6.15. The van der Waals surface area contributed by atoms with E-state index in [0.29, 0.717) is 49.7 Å². The van der Waals surface area contributed by atoms with E-state index in [4.69, 9.17) is 11.6 Å². The van der Waals surface area contributed by atoms with E-state index in [2.05, 4.69) is 15.1 Å². The Morgan fingerprint density at radius 3 is 2.32 bits per heavy atom. The largest absolute Gasteiger partial charge is 0.326 e. The quantitative estimate of drug-likeness (QED) is 0.694. The highest BCUT2D eigenvalue weighted by Crippen LogP contribution is 2.32. The first-order valence-electron chi connectivity index (χ1n) is 10.5. The van der Waals surface area contributed by atoms with E-state index in [1.165, 1.54) is 11.0 Å². The Hall–Kier alpha value is -2.48. The second-order valence-electron chi connectivity index (χ2n) is 8.02. The Morgan fingerprint density at radius 1 is 1.00 bits per heavy atom.